The second-order valence-electron chi connectivity index (χ2n) is 5.99. The lowest BCUT2D eigenvalue weighted by molar-refractivity contribution is 0.103. The van der Waals surface area contributed by atoms with E-state index in [-0.39, 0.29) is 5.91 Å². The van der Waals surface area contributed by atoms with Gasteiger partial charge in [0.2, 0.25) is 0 Å². The third-order valence-electron chi connectivity index (χ3n) is 4.04. The van der Waals surface area contributed by atoms with Gasteiger partial charge in [0.1, 0.15) is 4.88 Å². The molecular weight excluding hydrogens is 342 g/mol. The number of aryl methyl sites for hydroxylation is 2. The molecule has 4 nitrogen and oxygen atoms in total. The van der Waals surface area contributed by atoms with Crippen LogP contribution < -0.4 is 10.6 Å². The van der Waals surface area contributed by atoms with Crippen molar-refractivity contribution in [3.05, 3.63) is 77.2 Å². The minimum absolute atomic E-state index is 0.156. The Morgan fingerprint density at radius 2 is 1.92 bits per heavy atom. The average molecular weight is 363 g/mol. The lowest BCUT2D eigenvalue weighted by Gasteiger charge is -2.07. The maximum absolute atomic E-state index is 12.9. The van der Waals surface area contributed by atoms with E-state index in [1.54, 1.807) is 6.08 Å². The van der Waals surface area contributed by atoms with Crippen LogP contribution in [-0.4, -0.2) is 17.4 Å². The summed E-state index contributed by atoms with van der Waals surface area (Å²) in [5.74, 6) is -0.156. The maximum Gasteiger partial charge on any atom is 0.268 e. The summed E-state index contributed by atoms with van der Waals surface area (Å²) in [6.45, 7) is 8.38. The largest absolute Gasteiger partial charge is 0.358 e. The fourth-order valence-electron chi connectivity index (χ4n) is 2.51. The molecule has 0 radical (unpaired) electrons. The van der Waals surface area contributed by atoms with Gasteiger partial charge in [0.05, 0.1) is 5.69 Å². The Morgan fingerprint density at radius 3 is 2.62 bits per heavy atom. The molecule has 0 bridgehead atoms. The molecule has 132 valence electrons. The Balaban J connectivity index is 1.93. The van der Waals surface area contributed by atoms with Gasteiger partial charge in [0.15, 0.2) is 5.13 Å². The number of aromatic nitrogens is 1. The van der Waals surface area contributed by atoms with Crippen LogP contribution in [0.2, 0.25) is 0 Å². The summed E-state index contributed by atoms with van der Waals surface area (Å²) >= 11 is 1.35. The molecule has 3 aromatic rings. The second-order valence-corrected chi connectivity index (χ2v) is 6.98. The number of carbonyl (C=O) groups is 1. The van der Waals surface area contributed by atoms with Crippen molar-refractivity contribution in [3.63, 3.8) is 0 Å². The molecule has 1 heterocycles. The van der Waals surface area contributed by atoms with Crippen LogP contribution in [-0.2, 0) is 0 Å². The van der Waals surface area contributed by atoms with Gasteiger partial charge >= 0.3 is 0 Å². The quantitative estimate of drug-likeness (QED) is 0.586. The first kappa shape index (κ1) is 17.9. The molecule has 0 spiro atoms. The maximum atomic E-state index is 12.9. The molecular formula is C21H21N3OS. The van der Waals surface area contributed by atoms with Gasteiger partial charge in [-0.15, -0.1) is 6.58 Å². The Morgan fingerprint density at radius 1 is 1.15 bits per heavy atom. The lowest BCUT2D eigenvalue weighted by Crippen LogP contribution is -2.11. The number of hydrogen-bond donors (Lipinski definition) is 2. The fourth-order valence-corrected chi connectivity index (χ4v) is 3.40. The number of hydrogen-bond acceptors (Lipinski definition) is 4. The monoisotopic (exact) mass is 363 g/mol. The van der Waals surface area contributed by atoms with Gasteiger partial charge in [-0.1, -0.05) is 53.8 Å². The van der Waals surface area contributed by atoms with Crippen molar-refractivity contribution in [3.8, 4) is 11.3 Å². The van der Waals surface area contributed by atoms with Crippen molar-refractivity contribution < 1.29 is 4.79 Å². The van der Waals surface area contributed by atoms with E-state index in [1.807, 2.05) is 55.5 Å². The summed E-state index contributed by atoms with van der Waals surface area (Å²) in [6.07, 6.45) is 1.76. The Bertz CT molecular complexity index is 932. The molecule has 0 saturated carbocycles. The smallest absolute Gasteiger partial charge is 0.268 e. The minimum Gasteiger partial charge on any atom is -0.358 e. The van der Waals surface area contributed by atoms with Gasteiger partial charge in [-0.3, -0.25) is 4.79 Å². The first-order valence-electron chi connectivity index (χ1n) is 8.38. The van der Waals surface area contributed by atoms with Crippen LogP contribution in [0, 0.1) is 13.8 Å². The van der Waals surface area contributed by atoms with Crippen LogP contribution in [0.4, 0.5) is 10.8 Å². The van der Waals surface area contributed by atoms with Crippen molar-refractivity contribution in [2.45, 2.75) is 13.8 Å². The highest BCUT2D eigenvalue weighted by atomic mass is 32.1. The highest BCUT2D eigenvalue weighted by Crippen LogP contribution is 2.32. The number of nitrogens with zero attached hydrogens (tertiary/aromatic N) is 1. The Hall–Kier alpha value is -2.92. The zero-order chi connectivity index (χ0) is 18.5. The van der Waals surface area contributed by atoms with Crippen LogP contribution in [0.5, 0.6) is 0 Å². The summed E-state index contributed by atoms with van der Waals surface area (Å²) in [7, 11) is 0. The normalized spacial score (nSPS) is 10.4. The zero-order valence-electron chi connectivity index (χ0n) is 14.9. The van der Waals surface area contributed by atoms with Crippen LogP contribution in [0.1, 0.15) is 20.8 Å². The molecule has 0 fully saturated rings. The number of amides is 1. The number of thiazole rings is 1. The molecule has 0 aliphatic rings. The van der Waals surface area contributed by atoms with E-state index in [0.717, 1.165) is 16.8 Å². The predicted octanol–water partition coefficient (Wildman–Crippen LogP) is 5.28. The summed E-state index contributed by atoms with van der Waals surface area (Å²) < 4.78 is 0. The summed E-state index contributed by atoms with van der Waals surface area (Å²) in [6, 6.07) is 15.6. The van der Waals surface area contributed by atoms with E-state index in [1.165, 1.54) is 16.9 Å². The highest BCUT2D eigenvalue weighted by Gasteiger charge is 2.19. The molecule has 1 amide bonds. The molecule has 2 aromatic carbocycles. The second kappa shape index (κ2) is 7.97. The number of rotatable bonds is 6. The predicted molar refractivity (Wildman–Crippen MR) is 110 cm³/mol. The van der Waals surface area contributed by atoms with Crippen molar-refractivity contribution in [1.29, 1.82) is 0 Å². The number of benzene rings is 2. The molecule has 26 heavy (non-hydrogen) atoms. The fraction of sp³-hybridized carbons (Fsp3) is 0.143. The van der Waals surface area contributed by atoms with Crippen molar-refractivity contribution >= 4 is 28.1 Å². The highest BCUT2D eigenvalue weighted by molar-refractivity contribution is 7.18. The summed E-state index contributed by atoms with van der Waals surface area (Å²) in [5.41, 5.74) is 4.72. The van der Waals surface area contributed by atoms with Gasteiger partial charge in [-0.2, -0.15) is 0 Å². The number of carbonyl (C=O) groups excluding carboxylic acids is 1. The van der Waals surface area contributed by atoms with E-state index in [4.69, 9.17) is 0 Å². The Labute approximate surface area is 157 Å². The molecule has 0 unspecified atom stereocenters. The van der Waals surface area contributed by atoms with Crippen molar-refractivity contribution in [2.75, 3.05) is 17.2 Å². The molecule has 0 atom stereocenters. The lowest BCUT2D eigenvalue weighted by atomic mass is 10.1. The molecule has 0 aliphatic heterocycles. The van der Waals surface area contributed by atoms with Gasteiger partial charge in [-0.25, -0.2) is 4.98 Å². The van der Waals surface area contributed by atoms with Crippen LogP contribution in [0.25, 0.3) is 11.3 Å². The Kier molecular flexibility index (Phi) is 5.49. The van der Waals surface area contributed by atoms with Crippen LogP contribution in [0.15, 0.2) is 61.2 Å². The molecule has 0 saturated heterocycles. The van der Waals surface area contributed by atoms with Crippen molar-refractivity contribution in [1.82, 2.24) is 4.98 Å². The van der Waals surface area contributed by atoms with Gasteiger partial charge in [-0.05, 0) is 37.1 Å². The topological polar surface area (TPSA) is 54.0 Å². The molecule has 5 heteroatoms. The summed E-state index contributed by atoms with van der Waals surface area (Å²) in [5, 5.41) is 6.86. The molecule has 3 rings (SSSR count). The first-order chi connectivity index (χ1) is 12.6. The van der Waals surface area contributed by atoms with Crippen LogP contribution in [0.3, 0.4) is 0 Å². The van der Waals surface area contributed by atoms with Crippen LogP contribution >= 0.6 is 11.3 Å². The van der Waals surface area contributed by atoms with Crippen molar-refractivity contribution in [2.24, 2.45) is 0 Å². The van der Waals surface area contributed by atoms with Gasteiger partial charge < -0.3 is 10.6 Å². The molecule has 2 N–H and O–H groups in total. The minimum atomic E-state index is -0.156. The molecule has 0 aliphatic carbocycles. The zero-order valence-corrected chi connectivity index (χ0v) is 15.7. The number of anilines is 2. The molecule has 1 aromatic heterocycles. The summed E-state index contributed by atoms with van der Waals surface area (Å²) in [4.78, 5) is 18.1. The van der Waals surface area contributed by atoms with E-state index in [0.29, 0.717) is 22.2 Å². The average Bonchev–Trinajstić information content (AvgIpc) is 3.08. The third-order valence-corrected chi connectivity index (χ3v) is 5.05. The third kappa shape index (κ3) is 4.00. The van der Waals surface area contributed by atoms with E-state index in [9.17, 15) is 4.79 Å². The van der Waals surface area contributed by atoms with E-state index in [2.05, 4.69) is 29.1 Å². The SMILES string of the molecule is C=CCNc1nc(-c2ccccc2)c(C(=O)Nc2ccc(C)c(C)c2)s1. The number of nitrogens with one attached hydrogen (secondary N) is 2. The van der Waals surface area contributed by atoms with Gasteiger partial charge in [0.25, 0.3) is 5.91 Å². The van der Waals surface area contributed by atoms with E-state index >= 15 is 0 Å². The van der Waals surface area contributed by atoms with E-state index < -0.39 is 0 Å². The standard InChI is InChI=1S/C21H21N3OS/c1-4-12-22-21-24-18(16-8-6-5-7-9-16)19(26-21)20(25)23-17-11-10-14(2)15(3)13-17/h4-11,13H,1,12H2,2-3H3,(H,22,24)(H,23,25). The van der Waals surface area contributed by atoms with Gasteiger partial charge in [0, 0.05) is 17.8 Å². The first-order valence-corrected chi connectivity index (χ1v) is 9.19.